The Balaban J connectivity index is 2.08. The molecule has 126 valence electrons. The Morgan fingerprint density at radius 1 is 1.04 bits per heavy atom. The van der Waals surface area contributed by atoms with E-state index < -0.39 is 12.0 Å². The molecule has 0 saturated carbocycles. The van der Waals surface area contributed by atoms with E-state index in [0.29, 0.717) is 21.4 Å². The van der Waals surface area contributed by atoms with Crippen LogP contribution in [0.25, 0.3) is 5.65 Å². The van der Waals surface area contributed by atoms with Crippen LogP contribution in [0.2, 0.25) is 0 Å². The van der Waals surface area contributed by atoms with Gasteiger partial charge in [-0.2, -0.15) is 17.7 Å². The number of nitrogens with zero attached hydrogens (tertiary/aromatic N) is 4. The molecule has 0 spiro atoms. The van der Waals surface area contributed by atoms with Gasteiger partial charge in [-0.3, -0.25) is 0 Å². The zero-order chi connectivity index (χ0) is 17.5. The molecule has 0 N–H and O–H groups in total. The fraction of sp³-hybridized carbons (Fsp3) is 0.267. The molecule has 9 heteroatoms. The molecule has 24 heavy (non-hydrogen) atoms. The number of alkyl halides is 3. The molecule has 0 aliphatic heterocycles. The van der Waals surface area contributed by atoms with Gasteiger partial charge >= 0.3 is 6.18 Å². The molecule has 0 atom stereocenters. The van der Waals surface area contributed by atoms with Crippen molar-refractivity contribution in [3.63, 3.8) is 0 Å². The average Bonchev–Trinajstić information content (AvgIpc) is 2.97. The Morgan fingerprint density at radius 2 is 1.71 bits per heavy atom. The Morgan fingerprint density at radius 3 is 2.29 bits per heavy atom. The molecule has 0 unspecified atom stereocenters. The first-order valence-corrected chi connectivity index (χ1v) is 8.15. The first-order valence-electron chi connectivity index (χ1n) is 6.93. The van der Waals surface area contributed by atoms with Gasteiger partial charge in [0.25, 0.3) is 5.82 Å². The van der Waals surface area contributed by atoms with Crippen LogP contribution in [0.5, 0.6) is 11.6 Å². The number of hydrogen-bond acceptors (Lipinski definition) is 5. The molecular weight excluding hydrogens is 341 g/mol. The van der Waals surface area contributed by atoms with Crippen molar-refractivity contribution in [2.45, 2.75) is 24.9 Å². The van der Waals surface area contributed by atoms with Gasteiger partial charge in [0.05, 0.1) is 0 Å². The number of thioether (sulfide) groups is 1. The van der Waals surface area contributed by atoms with Crippen molar-refractivity contribution in [2.75, 3.05) is 6.26 Å². The summed E-state index contributed by atoms with van der Waals surface area (Å²) in [4.78, 5) is 1.05. The molecule has 2 heterocycles. The third-order valence-corrected chi connectivity index (χ3v) is 4.32. The molecule has 0 bridgehead atoms. The van der Waals surface area contributed by atoms with Crippen LogP contribution in [0.15, 0.2) is 29.2 Å². The van der Waals surface area contributed by atoms with Crippen LogP contribution in [0.1, 0.15) is 17.0 Å². The summed E-state index contributed by atoms with van der Waals surface area (Å²) < 4.78 is 45.4. The first kappa shape index (κ1) is 16.6. The second-order valence-corrected chi connectivity index (χ2v) is 5.97. The van der Waals surface area contributed by atoms with E-state index in [9.17, 15) is 13.2 Å². The highest BCUT2D eigenvalue weighted by Crippen LogP contribution is 2.32. The van der Waals surface area contributed by atoms with Gasteiger partial charge in [-0.1, -0.05) is 0 Å². The SMILES string of the molecule is CSc1ccc(Oc2nn3c(C(F)(F)F)nnc3c(C)c2C)cc1. The summed E-state index contributed by atoms with van der Waals surface area (Å²) in [7, 11) is 0. The van der Waals surface area contributed by atoms with Crippen molar-refractivity contribution in [1.82, 2.24) is 19.8 Å². The molecule has 0 fully saturated rings. The maximum atomic E-state index is 13.0. The molecule has 5 nitrogen and oxygen atoms in total. The lowest BCUT2D eigenvalue weighted by Crippen LogP contribution is -2.13. The molecule has 3 rings (SSSR count). The zero-order valence-electron chi connectivity index (χ0n) is 13.0. The van der Waals surface area contributed by atoms with E-state index in [0.717, 1.165) is 4.90 Å². The number of aryl methyl sites for hydroxylation is 1. The van der Waals surface area contributed by atoms with Crippen LogP contribution in [0.4, 0.5) is 13.2 Å². The summed E-state index contributed by atoms with van der Waals surface area (Å²) in [6, 6.07) is 7.20. The lowest BCUT2D eigenvalue weighted by Gasteiger charge is -2.11. The summed E-state index contributed by atoms with van der Waals surface area (Å²) in [5.74, 6) is -0.603. The first-order chi connectivity index (χ1) is 11.3. The monoisotopic (exact) mass is 354 g/mol. The van der Waals surface area contributed by atoms with Gasteiger partial charge in [-0.25, -0.2) is 0 Å². The summed E-state index contributed by atoms with van der Waals surface area (Å²) >= 11 is 1.58. The van der Waals surface area contributed by atoms with Crippen molar-refractivity contribution in [3.8, 4) is 11.6 Å². The van der Waals surface area contributed by atoms with Crippen LogP contribution in [0, 0.1) is 13.8 Å². The average molecular weight is 354 g/mol. The molecule has 2 aromatic heterocycles. The minimum Gasteiger partial charge on any atom is -0.437 e. The second kappa shape index (κ2) is 5.97. The molecule has 0 aliphatic carbocycles. The molecule has 1 aromatic carbocycles. The zero-order valence-corrected chi connectivity index (χ0v) is 13.9. The van der Waals surface area contributed by atoms with E-state index in [4.69, 9.17) is 4.74 Å². The Kier molecular flexibility index (Phi) is 4.12. The van der Waals surface area contributed by atoms with E-state index >= 15 is 0 Å². The van der Waals surface area contributed by atoms with Crippen molar-refractivity contribution >= 4 is 17.4 Å². The minimum atomic E-state index is -4.65. The van der Waals surface area contributed by atoms with Gasteiger partial charge in [0, 0.05) is 16.0 Å². The van der Waals surface area contributed by atoms with Crippen molar-refractivity contribution in [1.29, 1.82) is 0 Å². The molecule has 0 amide bonds. The standard InChI is InChI=1S/C15H13F3N4OS/c1-8-9(2)13(23-10-4-6-11(24-3)7-5-10)21-22-12(8)19-20-14(22)15(16,17)18/h4-7H,1-3H3. The van der Waals surface area contributed by atoms with Gasteiger partial charge in [0.2, 0.25) is 5.88 Å². The number of rotatable bonds is 3. The lowest BCUT2D eigenvalue weighted by atomic mass is 10.2. The maximum Gasteiger partial charge on any atom is 0.453 e. The van der Waals surface area contributed by atoms with Crippen LogP contribution in [-0.4, -0.2) is 26.1 Å². The number of halogens is 3. The normalized spacial score (nSPS) is 11.9. The van der Waals surface area contributed by atoms with Gasteiger partial charge in [0.15, 0.2) is 5.65 Å². The van der Waals surface area contributed by atoms with Crippen molar-refractivity contribution in [2.24, 2.45) is 0 Å². The highest BCUT2D eigenvalue weighted by Gasteiger charge is 2.38. The van der Waals surface area contributed by atoms with Gasteiger partial charge in [-0.05, 0) is 44.4 Å². The fourth-order valence-electron chi connectivity index (χ4n) is 2.13. The lowest BCUT2D eigenvalue weighted by molar-refractivity contribution is -0.146. The number of benzene rings is 1. The summed E-state index contributed by atoms with van der Waals surface area (Å²) in [5, 5.41) is 10.7. The predicted octanol–water partition coefficient (Wildman–Crippen LogP) is 4.27. The van der Waals surface area contributed by atoms with Crippen LogP contribution in [-0.2, 0) is 6.18 Å². The topological polar surface area (TPSA) is 52.3 Å². The van der Waals surface area contributed by atoms with E-state index in [1.165, 1.54) is 0 Å². The Hall–Kier alpha value is -2.29. The van der Waals surface area contributed by atoms with Crippen molar-refractivity contribution < 1.29 is 17.9 Å². The van der Waals surface area contributed by atoms with Gasteiger partial charge < -0.3 is 4.74 Å². The highest BCUT2D eigenvalue weighted by atomic mass is 32.2. The minimum absolute atomic E-state index is 0.0601. The molecule has 3 aromatic rings. The molecule has 0 radical (unpaired) electrons. The quantitative estimate of drug-likeness (QED) is 0.657. The highest BCUT2D eigenvalue weighted by molar-refractivity contribution is 7.98. The van der Waals surface area contributed by atoms with Crippen LogP contribution in [0.3, 0.4) is 0 Å². The second-order valence-electron chi connectivity index (χ2n) is 5.09. The third-order valence-electron chi connectivity index (χ3n) is 3.58. The molecule has 0 saturated heterocycles. The Bertz CT molecular complexity index is 890. The number of hydrogen-bond donors (Lipinski definition) is 0. The fourth-order valence-corrected chi connectivity index (χ4v) is 2.54. The predicted molar refractivity (Wildman–Crippen MR) is 83.6 cm³/mol. The molecule has 0 aliphatic rings. The molecular formula is C15H13F3N4OS. The summed E-state index contributed by atoms with van der Waals surface area (Å²) in [5.41, 5.74) is 1.20. The summed E-state index contributed by atoms with van der Waals surface area (Å²) in [6.07, 6.45) is -2.70. The number of ether oxygens (including phenoxy) is 1. The van der Waals surface area contributed by atoms with E-state index in [1.54, 1.807) is 37.7 Å². The van der Waals surface area contributed by atoms with Gasteiger partial charge in [0.1, 0.15) is 5.75 Å². The number of fused-ring (bicyclic) bond motifs is 1. The van der Waals surface area contributed by atoms with Crippen molar-refractivity contribution in [3.05, 3.63) is 41.2 Å². The largest absolute Gasteiger partial charge is 0.453 e. The van der Waals surface area contributed by atoms with Gasteiger partial charge in [-0.15, -0.1) is 27.1 Å². The van der Waals surface area contributed by atoms with E-state index in [2.05, 4.69) is 15.3 Å². The maximum absolute atomic E-state index is 13.0. The summed E-state index contributed by atoms with van der Waals surface area (Å²) in [6.45, 7) is 3.38. The number of aromatic nitrogens is 4. The van der Waals surface area contributed by atoms with E-state index in [-0.39, 0.29) is 11.5 Å². The van der Waals surface area contributed by atoms with Crippen LogP contribution < -0.4 is 4.74 Å². The smallest absolute Gasteiger partial charge is 0.437 e. The van der Waals surface area contributed by atoms with E-state index in [1.807, 2.05) is 18.4 Å². The van der Waals surface area contributed by atoms with Crippen LogP contribution >= 0.6 is 11.8 Å². The Labute approximate surface area is 139 Å². The third kappa shape index (κ3) is 2.91.